The minimum absolute atomic E-state index is 0.150. The Hall–Kier alpha value is -1.47. The molecule has 7 heteroatoms. The molecule has 1 aromatic carbocycles. The van der Waals surface area contributed by atoms with Crippen LogP contribution in [-0.4, -0.2) is 16.4 Å². The van der Waals surface area contributed by atoms with Crippen molar-refractivity contribution in [1.29, 1.82) is 0 Å². The maximum Gasteiger partial charge on any atom is 0.389 e. The molecule has 0 bridgehead atoms. The van der Waals surface area contributed by atoms with Crippen molar-refractivity contribution in [2.24, 2.45) is 5.73 Å². The van der Waals surface area contributed by atoms with Crippen molar-refractivity contribution in [3.05, 3.63) is 45.9 Å². The summed E-state index contributed by atoms with van der Waals surface area (Å²) in [6.07, 6.45) is -5.21. The van der Waals surface area contributed by atoms with Gasteiger partial charge in [0.2, 0.25) is 0 Å². The van der Waals surface area contributed by atoms with E-state index in [9.17, 15) is 13.2 Å². The molecule has 2 rings (SSSR count). The molecule has 19 heavy (non-hydrogen) atoms. The summed E-state index contributed by atoms with van der Waals surface area (Å²) in [6.45, 7) is 0. The first-order valence-electron chi connectivity index (χ1n) is 5.65. The number of aromatic nitrogens is 2. The number of hydrogen-bond acceptors (Lipinski definition) is 4. The molecule has 3 nitrogen and oxygen atoms in total. The van der Waals surface area contributed by atoms with Gasteiger partial charge in [-0.05, 0) is 5.56 Å². The third-order valence-corrected chi connectivity index (χ3v) is 3.60. The normalized spacial score (nSPS) is 13.5. The van der Waals surface area contributed by atoms with Gasteiger partial charge in [0.05, 0.1) is 6.04 Å². The number of hydrogen-bond donors (Lipinski definition) is 1. The summed E-state index contributed by atoms with van der Waals surface area (Å²) in [5.74, 6) is 0. The zero-order valence-electron chi connectivity index (χ0n) is 9.89. The van der Waals surface area contributed by atoms with E-state index in [1.807, 2.05) is 30.3 Å². The highest BCUT2D eigenvalue weighted by Gasteiger charge is 2.27. The molecule has 2 N–H and O–H groups in total. The van der Waals surface area contributed by atoms with Crippen LogP contribution in [0.4, 0.5) is 13.2 Å². The van der Waals surface area contributed by atoms with Crippen molar-refractivity contribution in [1.82, 2.24) is 10.2 Å². The van der Waals surface area contributed by atoms with Gasteiger partial charge in [-0.3, -0.25) is 0 Å². The standard InChI is InChI=1S/C12H12F3N3S/c13-12(14,15)7-6-9-17-18-11(19-9)10(16)8-4-2-1-3-5-8/h1-5,10H,6-7,16H2. The average Bonchev–Trinajstić information content (AvgIpc) is 2.84. The number of benzene rings is 1. The Bertz CT molecular complexity index is 525. The first-order chi connectivity index (χ1) is 8.96. The Morgan fingerprint density at radius 1 is 1.16 bits per heavy atom. The number of aryl methyl sites for hydroxylation is 1. The number of alkyl halides is 3. The second kappa shape index (κ2) is 5.66. The zero-order chi connectivity index (χ0) is 13.9. The molecule has 0 saturated carbocycles. The van der Waals surface area contributed by atoms with Crippen molar-refractivity contribution >= 4 is 11.3 Å². The highest BCUT2D eigenvalue weighted by Crippen LogP contribution is 2.26. The molecule has 2 aromatic rings. The fourth-order valence-corrected chi connectivity index (χ4v) is 2.42. The van der Waals surface area contributed by atoms with E-state index in [-0.39, 0.29) is 6.42 Å². The second-order valence-corrected chi connectivity index (χ2v) is 5.13. The van der Waals surface area contributed by atoms with Crippen LogP contribution in [-0.2, 0) is 6.42 Å². The smallest absolute Gasteiger partial charge is 0.318 e. The van der Waals surface area contributed by atoms with E-state index in [0.717, 1.165) is 16.9 Å². The lowest BCUT2D eigenvalue weighted by molar-refractivity contribution is -0.134. The molecule has 0 radical (unpaired) electrons. The van der Waals surface area contributed by atoms with Gasteiger partial charge in [-0.15, -0.1) is 10.2 Å². The van der Waals surface area contributed by atoms with E-state index < -0.39 is 18.6 Å². The summed E-state index contributed by atoms with van der Waals surface area (Å²) in [6, 6.07) is 8.81. The van der Waals surface area contributed by atoms with Crippen LogP contribution in [0.25, 0.3) is 0 Å². The van der Waals surface area contributed by atoms with Gasteiger partial charge in [0.1, 0.15) is 10.0 Å². The highest BCUT2D eigenvalue weighted by molar-refractivity contribution is 7.11. The summed E-state index contributed by atoms with van der Waals surface area (Å²) in [4.78, 5) is 0. The molecule has 1 heterocycles. The Kier molecular flexibility index (Phi) is 4.16. The molecule has 1 unspecified atom stereocenters. The maximum atomic E-state index is 12.1. The SMILES string of the molecule is NC(c1ccccc1)c1nnc(CCC(F)(F)F)s1. The predicted molar refractivity (Wildman–Crippen MR) is 66.8 cm³/mol. The van der Waals surface area contributed by atoms with E-state index in [2.05, 4.69) is 10.2 Å². The predicted octanol–water partition coefficient (Wildman–Crippen LogP) is 3.08. The van der Waals surface area contributed by atoms with E-state index in [0.29, 0.717) is 10.0 Å². The molecule has 102 valence electrons. The van der Waals surface area contributed by atoms with E-state index in [1.165, 1.54) is 0 Å². The van der Waals surface area contributed by atoms with Crippen LogP contribution >= 0.6 is 11.3 Å². The lowest BCUT2D eigenvalue weighted by Crippen LogP contribution is -2.11. The molecule has 0 saturated heterocycles. The van der Waals surface area contributed by atoms with Crippen LogP contribution < -0.4 is 5.73 Å². The van der Waals surface area contributed by atoms with Gasteiger partial charge in [0.15, 0.2) is 0 Å². The first kappa shape index (κ1) is 14.0. The molecule has 0 aliphatic heterocycles. The fraction of sp³-hybridized carbons (Fsp3) is 0.333. The molecule has 0 aliphatic carbocycles. The molecule has 1 aromatic heterocycles. The summed E-state index contributed by atoms with van der Waals surface area (Å²) in [5, 5.41) is 8.51. The molecule has 0 fully saturated rings. The largest absolute Gasteiger partial charge is 0.389 e. The van der Waals surface area contributed by atoms with Gasteiger partial charge in [-0.25, -0.2) is 0 Å². The van der Waals surface area contributed by atoms with Gasteiger partial charge in [-0.2, -0.15) is 13.2 Å². The first-order valence-corrected chi connectivity index (χ1v) is 6.47. The molecule has 0 aliphatic rings. The third kappa shape index (κ3) is 4.00. The van der Waals surface area contributed by atoms with Gasteiger partial charge < -0.3 is 5.73 Å². The zero-order valence-corrected chi connectivity index (χ0v) is 10.7. The van der Waals surface area contributed by atoms with E-state index in [1.54, 1.807) is 0 Å². The molecule has 1 atom stereocenters. The molecule has 0 spiro atoms. The van der Waals surface area contributed by atoms with E-state index >= 15 is 0 Å². The summed E-state index contributed by atoms with van der Waals surface area (Å²) in [7, 11) is 0. The quantitative estimate of drug-likeness (QED) is 0.940. The lowest BCUT2D eigenvalue weighted by Gasteiger charge is -2.07. The van der Waals surface area contributed by atoms with Gasteiger partial charge >= 0.3 is 6.18 Å². The Labute approximate surface area is 112 Å². The van der Waals surface area contributed by atoms with Crippen molar-refractivity contribution in [2.75, 3.05) is 0 Å². The average molecular weight is 287 g/mol. The maximum absolute atomic E-state index is 12.1. The summed E-state index contributed by atoms with van der Waals surface area (Å²) in [5.41, 5.74) is 6.86. The summed E-state index contributed by atoms with van der Waals surface area (Å²) >= 11 is 1.13. The topological polar surface area (TPSA) is 51.8 Å². The fourth-order valence-electron chi connectivity index (χ4n) is 1.54. The molecule has 0 amide bonds. The van der Waals surface area contributed by atoms with Crippen molar-refractivity contribution < 1.29 is 13.2 Å². The van der Waals surface area contributed by atoms with Gasteiger partial charge in [-0.1, -0.05) is 41.7 Å². The van der Waals surface area contributed by atoms with Crippen LogP contribution in [0, 0.1) is 0 Å². The Balaban J connectivity index is 2.05. The van der Waals surface area contributed by atoms with Crippen LogP contribution in [0.5, 0.6) is 0 Å². The number of nitrogens with two attached hydrogens (primary N) is 1. The van der Waals surface area contributed by atoms with Gasteiger partial charge in [0.25, 0.3) is 0 Å². The summed E-state index contributed by atoms with van der Waals surface area (Å²) < 4.78 is 36.3. The van der Waals surface area contributed by atoms with Crippen molar-refractivity contribution in [3.8, 4) is 0 Å². The minimum atomic E-state index is -4.17. The van der Waals surface area contributed by atoms with Gasteiger partial charge in [0, 0.05) is 12.8 Å². The van der Waals surface area contributed by atoms with Crippen LogP contribution in [0.1, 0.15) is 28.0 Å². The van der Waals surface area contributed by atoms with Crippen LogP contribution in [0.3, 0.4) is 0 Å². The number of rotatable bonds is 4. The number of halogens is 3. The number of nitrogens with zero attached hydrogens (tertiary/aromatic N) is 2. The van der Waals surface area contributed by atoms with Crippen LogP contribution in [0.15, 0.2) is 30.3 Å². The van der Waals surface area contributed by atoms with E-state index in [4.69, 9.17) is 5.73 Å². The minimum Gasteiger partial charge on any atom is -0.318 e. The van der Waals surface area contributed by atoms with Crippen molar-refractivity contribution in [3.63, 3.8) is 0 Å². The molecular weight excluding hydrogens is 275 g/mol. The Morgan fingerprint density at radius 2 is 1.84 bits per heavy atom. The third-order valence-electron chi connectivity index (χ3n) is 2.53. The lowest BCUT2D eigenvalue weighted by atomic mass is 10.1. The molecular formula is C12H12F3N3S. The monoisotopic (exact) mass is 287 g/mol. The van der Waals surface area contributed by atoms with Crippen LogP contribution in [0.2, 0.25) is 0 Å². The Morgan fingerprint density at radius 3 is 2.47 bits per heavy atom. The van der Waals surface area contributed by atoms with Crippen molar-refractivity contribution in [2.45, 2.75) is 25.1 Å². The second-order valence-electron chi connectivity index (χ2n) is 4.04. The highest BCUT2D eigenvalue weighted by atomic mass is 32.1.